The van der Waals surface area contributed by atoms with Gasteiger partial charge >= 0.3 is 12.1 Å². The Kier molecular flexibility index (Phi) is 5.99. The normalized spacial score (nSPS) is 14.7. The molecule has 0 aliphatic heterocycles. The van der Waals surface area contributed by atoms with Gasteiger partial charge in [0.25, 0.3) is 0 Å². The number of carbonyl (C=O) groups excluding carboxylic acids is 2. The molecule has 5 heteroatoms. The maximum atomic E-state index is 11.9. The standard InChI is InChI=1S/C12H23NO4/c1-7-8(2)9(13-11(15)16-6)10(14)17-12(3,4)5/h8-9H,7H2,1-6H3,(H,13,15)/t8-,9-/m0/s1. The van der Waals surface area contributed by atoms with E-state index < -0.39 is 23.7 Å². The van der Waals surface area contributed by atoms with Crippen LogP contribution in [0.3, 0.4) is 0 Å². The molecule has 0 unspecified atom stereocenters. The molecule has 0 aromatic rings. The average Bonchev–Trinajstić information content (AvgIpc) is 2.21. The van der Waals surface area contributed by atoms with Gasteiger partial charge < -0.3 is 14.8 Å². The van der Waals surface area contributed by atoms with Crippen LogP contribution in [-0.4, -0.2) is 30.8 Å². The zero-order valence-electron chi connectivity index (χ0n) is 11.5. The van der Waals surface area contributed by atoms with E-state index in [2.05, 4.69) is 10.1 Å². The van der Waals surface area contributed by atoms with Gasteiger partial charge in [0.1, 0.15) is 11.6 Å². The summed E-state index contributed by atoms with van der Waals surface area (Å²) in [5, 5.41) is 2.50. The molecule has 0 heterocycles. The zero-order chi connectivity index (χ0) is 13.6. The molecule has 0 aromatic heterocycles. The Labute approximate surface area is 103 Å². The quantitative estimate of drug-likeness (QED) is 0.770. The van der Waals surface area contributed by atoms with E-state index in [1.54, 1.807) is 20.8 Å². The first-order valence-corrected chi connectivity index (χ1v) is 5.78. The van der Waals surface area contributed by atoms with Gasteiger partial charge in [-0.25, -0.2) is 9.59 Å². The first kappa shape index (κ1) is 15.7. The summed E-state index contributed by atoms with van der Waals surface area (Å²) in [6, 6.07) is -0.674. The Morgan fingerprint density at radius 1 is 1.29 bits per heavy atom. The third-order valence-electron chi connectivity index (χ3n) is 2.33. The number of esters is 1. The van der Waals surface area contributed by atoms with Crippen LogP contribution >= 0.6 is 0 Å². The smallest absolute Gasteiger partial charge is 0.407 e. The van der Waals surface area contributed by atoms with Crippen LogP contribution in [-0.2, 0) is 14.3 Å². The van der Waals surface area contributed by atoms with Crippen molar-refractivity contribution in [1.82, 2.24) is 5.32 Å². The van der Waals surface area contributed by atoms with E-state index in [1.165, 1.54) is 7.11 Å². The van der Waals surface area contributed by atoms with Crippen molar-refractivity contribution in [3.8, 4) is 0 Å². The monoisotopic (exact) mass is 245 g/mol. The lowest BCUT2D eigenvalue weighted by molar-refractivity contribution is -0.158. The fourth-order valence-corrected chi connectivity index (χ4v) is 1.22. The molecular weight excluding hydrogens is 222 g/mol. The summed E-state index contributed by atoms with van der Waals surface area (Å²) in [5.74, 6) is -0.443. The Morgan fingerprint density at radius 2 is 1.82 bits per heavy atom. The number of carbonyl (C=O) groups is 2. The van der Waals surface area contributed by atoms with E-state index in [0.717, 1.165) is 6.42 Å². The van der Waals surface area contributed by atoms with E-state index in [0.29, 0.717) is 0 Å². The number of rotatable bonds is 4. The van der Waals surface area contributed by atoms with Crippen LogP contribution in [0.1, 0.15) is 41.0 Å². The van der Waals surface area contributed by atoms with Crippen molar-refractivity contribution >= 4 is 12.1 Å². The van der Waals surface area contributed by atoms with Crippen LogP contribution in [0, 0.1) is 5.92 Å². The van der Waals surface area contributed by atoms with Gasteiger partial charge in [-0.3, -0.25) is 0 Å². The van der Waals surface area contributed by atoms with Crippen LogP contribution in [0.4, 0.5) is 4.79 Å². The average molecular weight is 245 g/mol. The molecule has 1 N–H and O–H groups in total. The number of methoxy groups -OCH3 is 1. The molecule has 5 nitrogen and oxygen atoms in total. The van der Waals surface area contributed by atoms with Crippen molar-refractivity contribution < 1.29 is 19.1 Å². The highest BCUT2D eigenvalue weighted by Gasteiger charge is 2.30. The van der Waals surface area contributed by atoms with Crippen molar-refractivity contribution in [3.05, 3.63) is 0 Å². The van der Waals surface area contributed by atoms with Crippen molar-refractivity contribution in [2.45, 2.75) is 52.7 Å². The van der Waals surface area contributed by atoms with Crippen molar-refractivity contribution in [2.24, 2.45) is 5.92 Å². The largest absolute Gasteiger partial charge is 0.458 e. The van der Waals surface area contributed by atoms with E-state index in [1.807, 2.05) is 13.8 Å². The third-order valence-corrected chi connectivity index (χ3v) is 2.33. The van der Waals surface area contributed by atoms with E-state index in [-0.39, 0.29) is 5.92 Å². The molecule has 0 fully saturated rings. The van der Waals surface area contributed by atoms with Gasteiger partial charge in [-0.1, -0.05) is 20.3 Å². The van der Waals surface area contributed by atoms with Crippen LogP contribution < -0.4 is 5.32 Å². The molecular formula is C12H23NO4. The lowest BCUT2D eigenvalue weighted by Gasteiger charge is -2.27. The summed E-state index contributed by atoms with van der Waals surface area (Å²) in [6.45, 7) is 9.19. The Morgan fingerprint density at radius 3 is 2.18 bits per heavy atom. The molecule has 0 spiro atoms. The van der Waals surface area contributed by atoms with Crippen LogP contribution in [0.25, 0.3) is 0 Å². The molecule has 0 rings (SSSR count). The molecule has 2 atom stereocenters. The minimum absolute atomic E-state index is 0.0102. The summed E-state index contributed by atoms with van der Waals surface area (Å²) < 4.78 is 9.76. The molecule has 100 valence electrons. The topological polar surface area (TPSA) is 64.6 Å². The number of nitrogens with one attached hydrogen (secondary N) is 1. The first-order chi connectivity index (χ1) is 7.71. The molecule has 1 amide bonds. The molecule has 0 aromatic carbocycles. The summed E-state index contributed by atoms with van der Waals surface area (Å²) in [7, 11) is 1.26. The SMILES string of the molecule is CC[C@H](C)[C@H](NC(=O)OC)C(=O)OC(C)(C)C. The fraction of sp³-hybridized carbons (Fsp3) is 0.833. The lowest BCUT2D eigenvalue weighted by Crippen LogP contribution is -2.47. The highest BCUT2D eigenvalue weighted by Crippen LogP contribution is 2.14. The maximum Gasteiger partial charge on any atom is 0.407 e. The number of ether oxygens (including phenoxy) is 2. The fourth-order valence-electron chi connectivity index (χ4n) is 1.22. The summed E-state index contributed by atoms with van der Waals surface area (Å²) in [5.41, 5.74) is -0.569. The molecule has 0 saturated carbocycles. The Bertz CT molecular complexity index is 270. The number of alkyl carbamates (subject to hydrolysis) is 1. The second-order valence-electron chi connectivity index (χ2n) is 5.03. The second-order valence-corrected chi connectivity index (χ2v) is 5.03. The zero-order valence-corrected chi connectivity index (χ0v) is 11.5. The maximum absolute atomic E-state index is 11.9. The lowest BCUT2D eigenvalue weighted by atomic mass is 9.99. The van der Waals surface area contributed by atoms with Gasteiger partial charge in [-0.2, -0.15) is 0 Å². The van der Waals surface area contributed by atoms with Gasteiger partial charge in [0.2, 0.25) is 0 Å². The Hall–Kier alpha value is -1.26. The molecule has 0 radical (unpaired) electrons. The van der Waals surface area contributed by atoms with Crippen LogP contribution in [0.15, 0.2) is 0 Å². The molecule has 0 aliphatic carbocycles. The van der Waals surface area contributed by atoms with E-state index in [4.69, 9.17) is 4.74 Å². The second kappa shape index (κ2) is 6.47. The molecule has 0 saturated heterocycles. The molecule has 0 bridgehead atoms. The highest BCUT2D eigenvalue weighted by molar-refractivity contribution is 5.81. The minimum atomic E-state index is -0.674. The first-order valence-electron chi connectivity index (χ1n) is 5.78. The van der Waals surface area contributed by atoms with Gasteiger partial charge in [0.15, 0.2) is 0 Å². The summed E-state index contributed by atoms with van der Waals surface area (Å²) in [6.07, 6.45) is 0.134. The van der Waals surface area contributed by atoms with Crippen molar-refractivity contribution in [2.75, 3.05) is 7.11 Å². The number of hydrogen-bond acceptors (Lipinski definition) is 4. The van der Waals surface area contributed by atoms with Crippen LogP contribution in [0.2, 0.25) is 0 Å². The van der Waals surface area contributed by atoms with Gasteiger partial charge in [0.05, 0.1) is 7.11 Å². The summed E-state index contributed by atoms with van der Waals surface area (Å²) >= 11 is 0. The predicted octanol–water partition coefficient (Wildman–Crippen LogP) is 2.10. The molecule has 17 heavy (non-hydrogen) atoms. The van der Waals surface area contributed by atoms with E-state index >= 15 is 0 Å². The summed E-state index contributed by atoms with van der Waals surface area (Å²) in [4.78, 5) is 23.1. The third kappa shape index (κ3) is 6.14. The highest BCUT2D eigenvalue weighted by atomic mass is 16.6. The Balaban J connectivity index is 4.68. The predicted molar refractivity (Wildman–Crippen MR) is 64.6 cm³/mol. The van der Waals surface area contributed by atoms with E-state index in [9.17, 15) is 9.59 Å². The van der Waals surface area contributed by atoms with Gasteiger partial charge in [-0.05, 0) is 26.7 Å². The number of amides is 1. The van der Waals surface area contributed by atoms with Crippen LogP contribution in [0.5, 0.6) is 0 Å². The molecule has 0 aliphatic rings. The van der Waals surface area contributed by atoms with Crippen molar-refractivity contribution in [3.63, 3.8) is 0 Å². The van der Waals surface area contributed by atoms with Gasteiger partial charge in [0, 0.05) is 0 Å². The van der Waals surface area contributed by atoms with Gasteiger partial charge in [-0.15, -0.1) is 0 Å². The minimum Gasteiger partial charge on any atom is -0.458 e. The van der Waals surface area contributed by atoms with Crippen molar-refractivity contribution in [1.29, 1.82) is 0 Å². The number of hydrogen-bond donors (Lipinski definition) is 1.